The first kappa shape index (κ1) is 11.1. The van der Waals surface area contributed by atoms with Gasteiger partial charge >= 0.3 is 5.97 Å². The van der Waals surface area contributed by atoms with Crippen LogP contribution in [0, 0.1) is 0 Å². The van der Waals surface area contributed by atoms with Crippen molar-refractivity contribution in [3.63, 3.8) is 0 Å². The van der Waals surface area contributed by atoms with Crippen molar-refractivity contribution in [3.05, 3.63) is 18.7 Å². The summed E-state index contributed by atoms with van der Waals surface area (Å²) in [6.07, 6.45) is 7.22. The second-order valence-electron chi connectivity index (χ2n) is 4.57. The lowest BCUT2D eigenvalue weighted by Gasteiger charge is -2.40. The van der Waals surface area contributed by atoms with Crippen LogP contribution in [0.3, 0.4) is 0 Å². The zero-order valence-electron chi connectivity index (χ0n) is 9.46. The van der Waals surface area contributed by atoms with Crippen LogP contribution < -0.4 is 0 Å². The van der Waals surface area contributed by atoms with E-state index in [9.17, 15) is 4.79 Å². The lowest BCUT2D eigenvalue weighted by Crippen LogP contribution is -2.45. The fourth-order valence-electron chi connectivity index (χ4n) is 2.38. The highest BCUT2D eigenvalue weighted by Gasteiger charge is 2.37. The molecule has 5 heteroatoms. The summed E-state index contributed by atoms with van der Waals surface area (Å²) in [6, 6.07) is 0. The number of hydrogen-bond acceptors (Lipinski definition) is 3. The van der Waals surface area contributed by atoms with E-state index in [2.05, 4.69) is 16.9 Å². The molecule has 0 unspecified atom stereocenters. The van der Waals surface area contributed by atoms with Gasteiger partial charge in [-0.15, -0.1) is 0 Å². The highest BCUT2D eigenvalue weighted by atomic mass is 16.4. The van der Waals surface area contributed by atoms with Crippen LogP contribution in [-0.4, -0.2) is 45.7 Å². The van der Waals surface area contributed by atoms with Gasteiger partial charge in [0.05, 0.1) is 18.3 Å². The molecule has 16 heavy (non-hydrogen) atoms. The van der Waals surface area contributed by atoms with Gasteiger partial charge in [0.2, 0.25) is 0 Å². The lowest BCUT2D eigenvalue weighted by atomic mass is 9.84. The standard InChI is InChI=1S/C11H17N3O2/c1-13-5-2-11(3-6-13,8-10(15)16)14-7-4-12-9-14/h4,7,9H,2-3,5-6,8H2,1H3,(H,15,16). The molecule has 0 spiro atoms. The Balaban J connectivity index is 2.23. The normalized spacial score (nSPS) is 20.8. The van der Waals surface area contributed by atoms with Gasteiger partial charge in [0.25, 0.3) is 0 Å². The molecule has 1 aliphatic heterocycles. The molecule has 1 fully saturated rings. The van der Waals surface area contributed by atoms with Crippen LogP contribution in [0.15, 0.2) is 18.7 Å². The van der Waals surface area contributed by atoms with E-state index in [1.54, 1.807) is 12.5 Å². The second kappa shape index (κ2) is 4.25. The minimum absolute atomic E-state index is 0.178. The summed E-state index contributed by atoms with van der Waals surface area (Å²) in [5.74, 6) is -0.738. The first-order valence-electron chi connectivity index (χ1n) is 5.51. The van der Waals surface area contributed by atoms with Crippen LogP contribution in [0.25, 0.3) is 0 Å². The molecule has 2 rings (SSSR count). The fourth-order valence-corrected chi connectivity index (χ4v) is 2.38. The third-order valence-corrected chi connectivity index (χ3v) is 3.45. The molecular weight excluding hydrogens is 206 g/mol. The molecule has 0 atom stereocenters. The van der Waals surface area contributed by atoms with E-state index in [1.807, 2.05) is 10.8 Å². The molecule has 88 valence electrons. The van der Waals surface area contributed by atoms with Crippen molar-refractivity contribution in [2.75, 3.05) is 20.1 Å². The van der Waals surface area contributed by atoms with Crippen LogP contribution in [0.1, 0.15) is 19.3 Å². The third-order valence-electron chi connectivity index (χ3n) is 3.45. The Morgan fingerprint density at radius 1 is 1.50 bits per heavy atom. The zero-order chi connectivity index (χ0) is 11.6. The topological polar surface area (TPSA) is 58.4 Å². The summed E-state index contributed by atoms with van der Waals surface area (Å²) in [5.41, 5.74) is -0.283. The monoisotopic (exact) mass is 223 g/mol. The molecule has 1 aromatic heterocycles. The van der Waals surface area contributed by atoms with Crippen molar-refractivity contribution < 1.29 is 9.90 Å². The Bertz CT molecular complexity index is 353. The maximum absolute atomic E-state index is 11.0. The molecule has 5 nitrogen and oxygen atoms in total. The Labute approximate surface area is 94.7 Å². The van der Waals surface area contributed by atoms with Gasteiger partial charge in [-0.3, -0.25) is 4.79 Å². The Hall–Kier alpha value is -1.36. The predicted octanol–water partition coefficient (Wildman–Crippen LogP) is 0.779. The summed E-state index contributed by atoms with van der Waals surface area (Å²) in [5, 5.41) is 9.05. The van der Waals surface area contributed by atoms with E-state index >= 15 is 0 Å². The highest BCUT2D eigenvalue weighted by molar-refractivity contribution is 5.68. The van der Waals surface area contributed by atoms with E-state index < -0.39 is 5.97 Å². The average molecular weight is 223 g/mol. The van der Waals surface area contributed by atoms with Crippen molar-refractivity contribution in [1.82, 2.24) is 14.5 Å². The van der Waals surface area contributed by atoms with Gasteiger partial charge in [0.1, 0.15) is 0 Å². The third kappa shape index (κ3) is 2.09. The molecule has 0 amide bonds. The van der Waals surface area contributed by atoms with E-state index in [-0.39, 0.29) is 12.0 Å². The molecule has 0 aromatic carbocycles. The number of rotatable bonds is 3. The van der Waals surface area contributed by atoms with Gasteiger partial charge in [-0.1, -0.05) is 0 Å². The molecule has 0 aliphatic carbocycles. The zero-order valence-corrected chi connectivity index (χ0v) is 9.46. The number of aromatic nitrogens is 2. The van der Waals surface area contributed by atoms with Crippen LogP contribution in [0.2, 0.25) is 0 Å². The SMILES string of the molecule is CN1CCC(CC(=O)O)(n2ccnc2)CC1. The van der Waals surface area contributed by atoms with Gasteiger partial charge in [-0.2, -0.15) is 0 Å². The van der Waals surface area contributed by atoms with Crippen LogP contribution in [0.5, 0.6) is 0 Å². The minimum Gasteiger partial charge on any atom is -0.481 e. The van der Waals surface area contributed by atoms with Crippen LogP contribution in [0.4, 0.5) is 0 Å². The Kier molecular flexibility index (Phi) is 2.96. The predicted molar refractivity (Wildman–Crippen MR) is 59.2 cm³/mol. The number of nitrogens with zero attached hydrogens (tertiary/aromatic N) is 3. The van der Waals surface area contributed by atoms with Crippen molar-refractivity contribution in [3.8, 4) is 0 Å². The molecular formula is C11H17N3O2. The lowest BCUT2D eigenvalue weighted by molar-refractivity contribution is -0.140. The number of piperidine rings is 1. The summed E-state index contributed by atoms with van der Waals surface area (Å²) in [7, 11) is 2.07. The smallest absolute Gasteiger partial charge is 0.305 e. The van der Waals surface area contributed by atoms with E-state index in [0.29, 0.717) is 0 Å². The molecule has 0 radical (unpaired) electrons. The molecule has 1 N–H and O–H groups in total. The summed E-state index contributed by atoms with van der Waals surface area (Å²) >= 11 is 0. The average Bonchev–Trinajstić information content (AvgIpc) is 2.75. The molecule has 2 heterocycles. The maximum Gasteiger partial charge on any atom is 0.305 e. The number of carbonyl (C=O) groups is 1. The quantitative estimate of drug-likeness (QED) is 0.822. The van der Waals surface area contributed by atoms with E-state index in [0.717, 1.165) is 25.9 Å². The van der Waals surface area contributed by atoms with E-state index in [1.165, 1.54) is 0 Å². The summed E-state index contributed by atoms with van der Waals surface area (Å²) < 4.78 is 1.97. The highest BCUT2D eigenvalue weighted by Crippen LogP contribution is 2.33. The van der Waals surface area contributed by atoms with Crippen molar-refractivity contribution in [2.45, 2.75) is 24.8 Å². The number of carboxylic acids is 1. The van der Waals surface area contributed by atoms with Gasteiger partial charge in [-0.05, 0) is 19.9 Å². The number of carboxylic acid groups (broad SMARTS) is 1. The van der Waals surface area contributed by atoms with Gasteiger partial charge in [0, 0.05) is 25.5 Å². The largest absolute Gasteiger partial charge is 0.481 e. The van der Waals surface area contributed by atoms with Crippen molar-refractivity contribution in [2.24, 2.45) is 0 Å². The Morgan fingerprint density at radius 3 is 2.69 bits per heavy atom. The van der Waals surface area contributed by atoms with Gasteiger partial charge < -0.3 is 14.6 Å². The molecule has 1 aromatic rings. The first-order valence-corrected chi connectivity index (χ1v) is 5.51. The molecule has 1 aliphatic rings. The molecule has 0 saturated carbocycles. The van der Waals surface area contributed by atoms with Crippen LogP contribution in [-0.2, 0) is 10.3 Å². The fraction of sp³-hybridized carbons (Fsp3) is 0.636. The van der Waals surface area contributed by atoms with Crippen LogP contribution >= 0.6 is 0 Å². The first-order chi connectivity index (χ1) is 7.62. The second-order valence-corrected chi connectivity index (χ2v) is 4.57. The minimum atomic E-state index is -0.738. The summed E-state index contributed by atoms with van der Waals surface area (Å²) in [6.45, 7) is 1.87. The van der Waals surface area contributed by atoms with Crippen molar-refractivity contribution >= 4 is 5.97 Å². The molecule has 0 bridgehead atoms. The molecule has 1 saturated heterocycles. The number of imidazole rings is 1. The van der Waals surface area contributed by atoms with Gasteiger partial charge in [0.15, 0.2) is 0 Å². The maximum atomic E-state index is 11.0. The Morgan fingerprint density at radius 2 is 2.19 bits per heavy atom. The van der Waals surface area contributed by atoms with Crippen molar-refractivity contribution in [1.29, 1.82) is 0 Å². The number of hydrogen-bond donors (Lipinski definition) is 1. The van der Waals surface area contributed by atoms with Gasteiger partial charge in [-0.25, -0.2) is 4.98 Å². The number of likely N-dealkylation sites (tertiary alicyclic amines) is 1. The summed E-state index contributed by atoms with van der Waals surface area (Å²) in [4.78, 5) is 17.3. The van der Waals surface area contributed by atoms with E-state index in [4.69, 9.17) is 5.11 Å². The number of aliphatic carboxylic acids is 1.